The molecule has 19 heavy (non-hydrogen) atoms. The summed E-state index contributed by atoms with van der Waals surface area (Å²) in [5.74, 6) is 0.938. The van der Waals surface area contributed by atoms with Crippen LogP contribution in [0.1, 0.15) is 26.7 Å². The first-order valence-corrected chi connectivity index (χ1v) is 6.88. The SMILES string of the molecule is CC1CC(C)C(CN(CCO)CC(F)(F)F)C(N)C1. The largest absolute Gasteiger partial charge is 0.401 e. The smallest absolute Gasteiger partial charge is 0.395 e. The molecule has 0 aliphatic heterocycles. The van der Waals surface area contributed by atoms with Crippen molar-refractivity contribution < 1.29 is 18.3 Å². The molecule has 6 heteroatoms. The van der Waals surface area contributed by atoms with Gasteiger partial charge in [-0.15, -0.1) is 0 Å². The van der Waals surface area contributed by atoms with Crippen molar-refractivity contribution >= 4 is 0 Å². The molecule has 0 saturated heterocycles. The van der Waals surface area contributed by atoms with Crippen LogP contribution in [0, 0.1) is 17.8 Å². The number of nitrogens with two attached hydrogens (primary N) is 1. The highest BCUT2D eigenvalue weighted by atomic mass is 19.4. The fourth-order valence-electron chi connectivity index (χ4n) is 3.21. The second kappa shape index (κ2) is 6.90. The predicted octanol–water partition coefficient (Wildman–Crippen LogP) is 1.85. The van der Waals surface area contributed by atoms with Crippen molar-refractivity contribution in [1.82, 2.24) is 4.90 Å². The van der Waals surface area contributed by atoms with Gasteiger partial charge in [-0.2, -0.15) is 13.2 Å². The summed E-state index contributed by atoms with van der Waals surface area (Å²) >= 11 is 0. The summed E-state index contributed by atoms with van der Waals surface area (Å²) in [6, 6.07) is -0.0480. The number of alkyl halides is 3. The molecule has 0 aromatic heterocycles. The van der Waals surface area contributed by atoms with Crippen molar-refractivity contribution in [1.29, 1.82) is 0 Å². The highest BCUT2D eigenvalue weighted by Crippen LogP contribution is 2.33. The number of halogens is 3. The molecule has 114 valence electrons. The van der Waals surface area contributed by atoms with Crippen LogP contribution in [0.5, 0.6) is 0 Å². The van der Waals surface area contributed by atoms with Crippen LogP contribution >= 0.6 is 0 Å². The average molecular weight is 282 g/mol. The van der Waals surface area contributed by atoms with Gasteiger partial charge in [0.05, 0.1) is 13.2 Å². The molecule has 0 aromatic carbocycles. The molecule has 0 amide bonds. The zero-order valence-corrected chi connectivity index (χ0v) is 11.7. The van der Waals surface area contributed by atoms with Crippen LogP contribution in [-0.2, 0) is 0 Å². The topological polar surface area (TPSA) is 49.5 Å². The third-order valence-corrected chi connectivity index (χ3v) is 4.02. The lowest BCUT2D eigenvalue weighted by atomic mass is 9.72. The lowest BCUT2D eigenvalue weighted by molar-refractivity contribution is -0.149. The van der Waals surface area contributed by atoms with E-state index in [4.69, 9.17) is 10.8 Å². The van der Waals surface area contributed by atoms with Gasteiger partial charge >= 0.3 is 6.18 Å². The van der Waals surface area contributed by atoms with Gasteiger partial charge in [-0.25, -0.2) is 0 Å². The molecule has 0 spiro atoms. The van der Waals surface area contributed by atoms with E-state index in [0.29, 0.717) is 18.4 Å². The van der Waals surface area contributed by atoms with Crippen molar-refractivity contribution in [2.75, 3.05) is 26.2 Å². The van der Waals surface area contributed by atoms with E-state index in [9.17, 15) is 13.2 Å². The molecule has 1 aliphatic rings. The minimum atomic E-state index is -4.23. The van der Waals surface area contributed by atoms with Crippen molar-refractivity contribution in [3.63, 3.8) is 0 Å². The van der Waals surface area contributed by atoms with E-state index in [-0.39, 0.29) is 25.1 Å². The number of aliphatic hydroxyl groups excluding tert-OH is 1. The summed E-state index contributed by atoms with van der Waals surface area (Å²) in [4.78, 5) is 1.27. The van der Waals surface area contributed by atoms with Gasteiger partial charge in [-0.3, -0.25) is 4.90 Å². The Morgan fingerprint density at radius 1 is 1.26 bits per heavy atom. The Bertz CT molecular complexity index is 261. The Balaban J connectivity index is 2.61. The molecule has 1 aliphatic carbocycles. The van der Waals surface area contributed by atoms with Gasteiger partial charge in [0, 0.05) is 19.1 Å². The molecule has 4 atom stereocenters. The number of aliphatic hydroxyl groups is 1. The Hall–Kier alpha value is -0.330. The van der Waals surface area contributed by atoms with Gasteiger partial charge in [0.1, 0.15) is 0 Å². The van der Waals surface area contributed by atoms with Gasteiger partial charge in [-0.05, 0) is 30.6 Å². The van der Waals surface area contributed by atoms with Gasteiger partial charge < -0.3 is 10.8 Å². The van der Waals surface area contributed by atoms with E-state index in [1.807, 2.05) is 0 Å². The van der Waals surface area contributed by atoms with Crippen LogP contribution < -0.4 is 5.73 Å². The van der Waals surface area contributed by atoms with Gasteiger partial charge in [0.2, 0.25) is 0 Å². The molecule has 0 heterocycles. The van der Waals surface area contributed by atoms with E-state index in [1.54, 1.807) is 0 Å². The summed E-state index contributed by atoms with van der Waals surface area (Å²) < 4.78 is 37.5. The fraction of sp³-hybridized carbons (Fsp3) is 1.00. The molecule has 3 N–H and O–H groups in total. The van der Waals surface area contributed by atoms with Crippen molar-refractivity contribution in [3.8, 4) is 0 Å². The quantitative estimate of drug-likeness (QED) is 0.809. The average Bonchev–Trinajstić information content (AvgIpc) is 2.21. The summed E-state index contributed by atoms with van der Waals surface area (Å²) in [6.07, 6.45) is -2.35. The van der Waals surface area contributed by atoms with Crippen LogP contribution in [0.2, 0.25) is 0 Å². The minimum Gasteiger partial charge on any atom is -0.395 e. The zero-order valence-electron chi connectivity index (χ0n) is 11.7. The molecule has 1 saturated carbocycles. The van der Waals surface area contributed by atoms with Crippen LogP contribution in [0.25, 0.3) is 0 Å². The van der Waals surface area contributed by atoms with E-state index in [1.165, 1.54) is 4.90 Å². The highest BCUT2D eigenvalue weighted by Gasteiger charge is 2.36. The van der Waals surface area contributed by atoms with Gasteiger partial charge in [0.15, 0.2) is 0 Å². The van der Waals surface area contributed by atoms with Crippen molar-refractivity contribution in [2.45, 2.75) is 38.9 Å². The van der Waals surface area contributed by atoms with Crippen molar-refractivity contribution in [3.05, 3.63) is 0 Å². The number of hydrogen-bond donors (Lipinski definition) is 2. The predicted molar refractivity (Wildman–Crippen MR) is 68.6 cm³/mol. The van der Waals surface area contributed by atoms with E-state index < -0.39 is 12.7 Å². The number of rotatable bonds is 5. The second-order valence-corrected chi connectivity index (χ2v) is 5.96. The van der Waals surface area contributed by atoms with Crippen LogP contribution in [-0.4, -0.2) is 48.5 Å². The summed E-state index contributed by atoms with van der Waals surface area (Å²) in [5.41, 5.74) is 6.10. The summed E-state index contributed by atoms with van der Waals surface area (Å²) in [5, 5.41) is 8.90. The zero-order chi connectivity index (χ0) is 14.6. The number of nitrogens with zero attached hydrogens (tertiary/aromatic N) is 1. The molecular weight excluding hydrogens is 257 g/mol. The van der Waals surface area contributed by atoms with Crippen LogP contribution in [0.15, 0.2) is 0 Å². The summed E-state index contributed by atoms with van der Waals surface area (Å²) in [7, 11) is 0. The summed E-state index contributed by atoms with van der Waals surface area (Å²) in [6.45, 7) is 3.32. The first-order valence-electron chi connectivity index (χ1n) is 6.88. The lowest BCUT2D eigenvalue weighted by Crippen LogP contribution is -2.48. The maximum atomic E-state index is 12.5. The molecule has 4 unspecified atom stereocenters. The third kappa shape index (κ3) is 5.67. The molecular formula is C13H25F3N2O. The van der Waals surface area contributed by atoms with E-state index >= 15 is 0 Å². The second-order valence-electron chi connectivity index (χ2n) is 5.96. The van der Waals surface area contributed by atoms with E-state index in [2.05, 4.69) is 13.8 Å². The first-order chi connectivity index (χ1) is 8.73. The molecule has 3 nitrogen and oxygen atoms in total. The standard InChI is InChI=1S/C13H25F3N2O/c1-9-5-10(2)11(12(17)6-9)7-18(3-4-19)8-13(14,15)16/h9-12,19H,3-8,17H2,1-2H3. The maximum Gasteiger partial charge on any atom is 0.401 e. The normalized spacial score (nSPS) is 32.8. The molecule has 0 aromatic rings. The van der Waals surface area contributed by atoms with Crippen LogP contribution in [0.3, 0.4) is 0 Å². The third-order valence-electron chi connectivity index (χ3n) is 4.02. The van der Waals surface area contributed by atoms with Crippen LogP contribution in [0.4, 0.5) is 13.2 Å². The molecule has 0 radical (unpaired) electrons. The Kier molecular flexibility index (Phi) is 6.08. The number of hydrogen-bond acceptors (Lipinski definition) is 3. The fourth-order valence-corrected chi connectivity index (χ4v) is 3.21. The highest BCUT2D eigenvalue weighted by molar-refractivity contribution is 4.87. The Morgan fingerprint density at radius 2 is 1.89 bits per heavy atom. The minimum absolute atomic E-state index is 0.0466. The first kappa shape index (κ1) is 16.7. The Labute approximate surface area is 113 Å². The molecule has 1 rings (SSSR count). The maximum absolute atomic E-state index is 12.5. The molecule has 0 bridgehead atoms. The van der Waals surface area contributed by atoms with E-state index in [0.717, 1.165) is 12.8 Å². The van der Waals surface area contributed by atoms with Gasteiger partial charge in [-0.1, -0.05) is 13.8 Å². The van der Waals surface area contributed by atoms with Gasteiger partial charge in [0.25, 0.3) is 0 Å². The lowest BCUT2D eigenvalue weighted by Gasteiger charge is -2.40. The van der Waals surface area contributed by atoms with Crippen molar-refractivity contribution in [2.24, 2.45) is 23.5 Å². The molecule has 1 fully saturated rings. The Morgan fingerprint density at radius 3 is 2.37 bits per heavy atom. The monoisotopic (exact) mass is 282 g/mol.